The van der Waals surface area contributed by atoms with Gasteiger partial charge < -0.3 is 28.5 Å². The standard InChI is InChI=1S/C64H121NO8/c1-6-8-10-12-14-16-18-20-22-24-26-27-28-29-30-31-32-33-34-35-37-38-40-42-44-46-48-50-52-54-61(66)71-58-60(59-72-64(63(68)69)70-57-56-65(3,4)5)73-62(67)55-53-51-49-47-45-43-41-39-36-25-23-21-19-17-15-13-11-9-7-2/h15,17,21,23,60,64H,6-14,16,18-20,22,24-59H2,1-5H3/p+1/b17-15-,23-21-. The Bertz CT molecular complexity index is 1250. The van der Waals surface area contributed by atoms with E-state index in [1.165, 1.54) is 231 Å². The van der Waals surface area contributed by atoms with Crippen molar-refractivity contribution in [2.75, 3.05) is 47.5 Å². The highest BCUT2D eigenvalue weighted by Gasteiger charge is 2.25. The predicted molar refractivity (Wildman–Crippen MR) is 309 cm³/mol. The van der Waals surface area contributed by atoms with Crippen LogP contribution in [0.2, 0.25) is 0 Å². The van der Waals surface area contributed by atoms with Crippen molar-refractivity contribution in [1.29, 1.82) is 0 Å². The lowest BCUT2D eigenvalue weighted by atomic mass is 10.0. The second-order valence-electron chi connectivity index (χ2n) is 22.7. The zero-order chi connectivity index (χ0) is 53.4. The Kier molecular flexibility index (Phi) is 54.3. The highest BCUT2D eigenvalue weighted by molar-refractivity contribution is 5.71. The molecule has 9 nitrogen and oxygen atoms in total. The molecule has 0 amide bonds. The number of carboxylic acids is 1. The lowest BCUT2D eigenvalue weighted by Crippen LogP contribution is -2.40. The molecule has 9 heteroatoms. The summed E-state index contributed by atoms with van der Waals surface area (Å²) < 4.78 is 22.9. The fourth-order valence-corrected chi connectivity index (χ4v) is 9.34. The fraction of sp³-hybridized carbons (Fsp3) is 0.891. The SMILES string of the molecule is CCCCC/C=C\C/C=C\CCCCCCCCCCCC(=O)OC(COC(=O)CCCCCCCCCCCCCCCCCCCCCCCCCCCCCCC)COC(OCC[N+](C)(C)C)C(=O)O. The molecule has 0 radical (unpaired) electrons. The van der Waals surface area contributed by atoms with E-state index in [0.717, 1.165) is 51.4 Å². The van der Waals surface area contributed by atoms with E-state index in [1.807, 2.05) is 21.1 Å². The van der Waals surface area contributed by atoms with Gasteiger partial charge >= 0.3 is 17.9 Å². The Morgan fingerprint density at radius 2 is 0.740 bits per heavy atom. The van der Waals surface area contributed by atoms with Crippen LogP contribution in [0.25, 0.3) is 0 Å². The average Bonchev–Trinajstić information content (AvgIpc) is 3.36. The molecule has 0 heterocycles. The molecule has 0 saturated heterocycles. The first kappa shape index (κ1) is 70.8. The molecule has 73 heavy (non-hydrogen) atoms. The number of allylic oxidation sites excluding steroid dienone is 4. The summed E-state index contributed by atoms with van der Waals surface area (Å²) in [6, 6.07) is 0. The first-order valence-corrected chi connectivity index (χ1v) is 31.5. The van der Waals surface area contributed by atoms with Crippen molar-refractivity contribution < 1.29 is 42.9 Å². The van der Waals surface area contributed by atoms with E-state index < -0.39 is 24.3 Å². The molecule has 0 saturated carbocycles. The molecule has 0 aliphatic rings. The van der Waals surface area contributed by atoms with E-state index in [0.29, 0.717) is 17.4 Å². The number of ether oxygens (including phenoxy) is 4. The van der Waals surface area contributed by atoms with Gasteiger partial charge in [-0.05, 0) is 44.9 Å². The van der Waals surface area contributed by atoms with E-state index in [9.17, 15) is 19.5 Å². The van der Waals surface area contributed by atoms with Gasteiger partial charge in [0.15, 0.2) is 6.10 Å². The van der Waals surface area contributed by atoms with Gasteiger partial charge in [0.25, 0.3) is 6.29 Å². The smallest absolute Gasteiger partial charge is 0.361 e. The maximum absolute atomic E-state index is 12.9. The number of likely N-dealkylation sites (N-methyl/N-ethyl adjacent to an activating group) is 1. The second kappa shape index (κ2) is 56.0. The molecule has 0 aromatic heterocycles. The topological polar surface area (TPSA) is 108 Å². The van der Waals surface area contributed by atoms with Crippen LogP contribution in [0.1, 0.15) is 309 Å². The molecule has 430 valence electrons. The van der Waals surface area contributed by atoms with Crippen molar-refractivity contribution in [2.24, 2.45) is 0 Å². The number of aliphatic carboxylic acids is 1. The van der Waals surface area contributed by atoms with Gasteiger partial charge in [-0.3, -0.25) is 9.59 Å². The maximum Gasteiger partial charge on any atom is 0.361 e. The van der Waals surface area contributed by atoms with Gasteiger partial charge in [-0.25, -0.2) is 4.79 Å². The van der Waals surface area contributed by atoms with Gasteiger partial charge in [0, 0.05) is 12.8 Å². The maximum atomic E-state index is 12.9. The number of nitrogens with zero attached hydrogens (tertiary/aromatic N) is 1. The van der Waals surface area contributed by atoms with Gasteiger partial charge in [-0.2, -0.15) is 0 Å². The van der Waals surface area contributed by atoms with Crippen LogP contribution in [0.5, 0.6) is 0 Å². The minimum atomic E-state index is -1.51. The number of carbonyl (C=O) groups is 3. The Balaban J connectivity index is 4.10. The summed E-state index contributed by atoms with van der Waals surface area (Å²) >= 11 is 0. The quantitative estimate of drug-likeness (QED) is 0.0211. The van der Waals surface area contributed by atoms with Crippen molar-refractivity contribution in [3.05, 3.63) is 24.3 Å². The third-order valence-electron chi connectivity index (χ3n) is 14.2. The normalized spacial score (nSPS) is 12.8. The van der Waals surface area contributed by atoms with Crippen LogP contribution < -0.4 is 0 Å². The summed E-state index contributed by atoms with van der Waals surface area (Å²) in [5.41, 5.74) is 0. The predicted octanol–water partition coefficient (Wildman–Crippen LogP) is 18.7. The first-order chi connectivity index (χ1) is 35.6. The van der Waals surface area contributed by atoms with E-state index in [1.54, 1.807) is 0 Å². The van der Waals surface area contributed by atoms with Gasteiger partial charge in [0.05, 0.1) is 34.4 Å². The molecule has 0 aliphatic heterocycles. The molecular formula is C64H122NO8+. The number of rotatable bonds is 59. The summed E-state index contributed by atoms with van der Waals surface area (Å²) in [5.74, 6) is -1.99. The third kappa shape index (κ3) is 57.3. The van der Waals surface area contributed by atoms with E-state index in [-0.39, 0.29) is 32.2 Å². The number of hydrogen-bond acceptors (Lipinski definition) is 7. The summed E-state index contributed by atoms with van der Waals surface area (Å²) in [6.07, 6.45) is 64.2. The molecule has 1 N–H and O–H groups in total. The van der Waals surface area contributed by atoms with Gasteiger partial charge in [0.2, 0.25) is 0 Å². The lowest BCUT2D eigenvalue weighted by molar-refractivity contribution is -0.870. The molecule has 0 aromatic rings. The van der Waals surface area contributed by atoms with Crippen LogP contribution >= 0.6 is 0 Å². The van der Waals surface area contributed by atoms with E-state index in [2.05, 4.69) is 38.2 Å². The van der Waals surface area contributed by atoms with Crippen LogP contribution in [0.4, 0.5) is 0 Å². The van der Waals surface area contributed by atoms with Crippen LogP contribution in [-0.4, -0.2) is 87.4 Å². The van der Waals surface area contributed by atoms with Crippen molar-refractivity contribution in [1.82, 2.24) is 0 Å². The first-order valence-electron chi connectivity index (χ1n) is 31.5. The molecule has 0 aliphatic carbocycles. The van der Waals surface area contributed by atoms with Crippen LogP contribution in [0, 0.1) is 0 Å². The number of carboxylic acid groups (broad SMARTS) is 1. The summed E-state index contributed by atoms with van der Waals surface area (Å²) in [6.45, 7) is 4.90. The molecule has 2 unspecified atom stereocenters. The monoisotopic (exact) mass is 1030 g/mol. The average molecular weight is 1030 g/mol. The van der Waals surface area contributed by atoms with Gasteiger partial charge in [0.1, 0.15) is 13.2 Å². The lowest BCUT2D eigenvalue weighted by Gasteiger charge is -2.25. The molecule has 0 fully saturated rings. The van der Waals surface area contributed by atoms with Crippen LogP contribution in [0.3, 0.4) is 0 Å². The van der Waals surface area contributed by atoms with E-state index in [4.69, 9.17) is 18.9 Å². The highest BCUT2D eigenvalue weighted by atomic mass is 16.7. The Morgan fingerprint density at radius 1 is 0.411 bits per heavy atom. The van der Waals surface area contributed by atoms with Gasteiger partial charge in [-0.1, -0.05) is 276 Å². The number of carbonyl (C=O) groups excluding carboxylic acids is 2. The van der Waals surface area contributed by atoms with Crippen molar-refractivity contribution in [2.45, 2.75) is 322 Å². The zero-order valence-corrected chi connectivity index (χ0v) is 49.1. The van der Waals surface area contributed by atoms with Crippen molar-refractivity contribution >= 4 is 17.9 Å². The molecule has 0 aromatic carbocycles. The van der Waals surface area contributed by atoms with Crippen molar-refractivity contribution in [3.8, 4) is 0 Å². The molecule has 0 bridgehead atoms. The minimum Gasteiger partial charge on any atom is -0.477 e. The Morgan fingerprint density at radius 3 is 1.11 bits per heavy atom. The molecule has 0 rings (SSSR count). The van der Waals surface area contributed by atoms with Gasteiger partial charge in [-0.15, -0.1) is 0 Å². The van der Waals surface area contributed by atoms with Crippen LogP contribution in [-0.2, 0) is 33.3 Å². The number of unbranched alkanes of at least 4 members (excludes halogenated alkanes) is 40. The fourth-order valence-electron chi connectivity index (χ4n) is 9.34. The number of esters is 2. The summed E-state index contributed by atoms with van der Waals surface area (Å²) in [7, 11) is 5.98. The molecule has 0 spiro atoms. The number of quaternary nitrogens is 1. The van der Waals surface area contributed by atoms with E-state index >= 15 is 0 Å². The zero-order valence-electron chi connectivity index (χ0n) is 49.1. The molecule has 2 atom stereocenters. The largest absolute Gasteiger partial charge is 0.477 e. The molecular weight excluding hydrogens is 911 g/mol. The van der Waals surface area contributed by atoms with Crippen LogP contribution in [0.15, 0.2) is 24.3 Å². The summed E-state index contributed by atoms with van der Waals surface area (Å²) in [5, 5.41) is 9.71. The minimum absolute atomic E-state index is 0.178. The third-order valence-corrected chi connectivity index (χ3v) is 14.2. The summed E-state index contributed by atoms with van der Waals surface area (Å²) in [4.78, 5) is 37.5. The Hall–Kier alpha value is -2.23. The Labute approximate surface area is 452 Å². The number of hydrogen-bond donors (Lipinski definition) is 1. The van der Waals surface area contributed by atoms with Crippen molar-refractivity contribution in [3.63, 3.8) is 0 Å². The highest BCUT2D eigenvalue weighted by Crippen LogP contribution is 2.18. The second-order valence-corrected chi connectivity index (χ2v) is 22.7.